The van der Waals surface area contributed by atoms with Crippen molar-refractivity contribution in [2.45, 2.75) is 33.4 Å². The maximum atomic E-state index is 5.33. The fourth-order valence-electron chi connectivity index (χ4n) is 2.30. The molecule has 0 saturated heterocycles. The number of ether oxygens (including phenoxy) is 2. The van der Waals surface area contributed by atoms with Gasteiger partial charge in [-0.1, -0.05) is 6.07 Å². The first-order valence-corrected chi connectivity index (χ1v) is 7.75. The van der Waals surface area contributed by atoms with Gasteiger partial charge >= 0.3 is 0 Å². The van der Waals surface area contributed by atoms with E-state index in [9.17, 15) is 0 Å². The van der Waals surface area contributed by atoms with Crippen molar-refractivity contribution >= 4 is 11.3 Å². The highest BCUT2D eigenvalue weighted by atomic mass is 32.1. The number of aryl methyl sites for hydroxylation is 2. The normalized spacial score (nSPS) is 12.2. The lowest BCUT2D eigenvalue weighted by Gasteiger charge is -2.14. The van der Waals surface area contributed by atoms with E-state index < -0.39 is 0 Å². The van der Waals surface area contributed by atoms with Crippen molar-refractivity contribution in [3.8, 4) is 11.5 Å². The molecule has 2 aromatic rings. The Hall–Kier alpha value is -1.59. The number of hydrogen-bond acceptors (Lipinski definition) is 5. The van der Waals surface area contributed by atoms with E-state index in [2.05, 4.69) is 24.1 Å². The Morgan fingerprint density at radius 1 is 1.19 bits per heavy atom. The molecule has 0 aliphatic carbocycles. The molecule has 0 aliphatic heterocycles. The first-order valence-electron chi connectivity index (χ1n) is 6.93. The number of aromatic nitrogens is 1. The Morgan fingerprint density at radius 3 is 2.48 bits per heavy atom. The van der Waals surface area contributed by atoms with Gasteiger partial charge in [0.25, 0.3) is 0 Å². The number of benzene rings is 1. The van der Waals surface area contributed by atoms with E-state index in [1.807, 2.05) is 25.1 Å². The van der Waals surface area contributed by atoms with Gasteiger partial charge in [0.15, 0.2) is 11.5 Å². The number of methoxy groups -OCH3 is 2. The van der Waals surface area contributed by atoms with Crippen molar-refractivity contribution in [1.82, 2.24) is 10.3 Å². The second-order valence-corrected chi connectivity index (χ2v) is 6.37. The van der Waals surface area contributed by atoms with Crippen LogP contribution in [0.4, 0.5) is 0 Å². The Labute approximate surface area is 130 Å². The van der Waals surface area contributed by atoms with Crippen LogP contribution in [-0.2, 0) is 6.54 Å². The van der Waals surface area contributed by atoms with E-state index in [-0.39, 0.29) is 6.04 Å². The first kappa shape index (κ1) is 15.8. The highest BCUT2D eigenvalue weighted by Gasteiger charge is 2.13. The van der Waals surface area contributed by atoms with Gasteiger partial charge in [-0.25, -0.2) is 4.98 Å². The lowest BCUT2D eigenvalue weighted by molar-refractivity contribution is 0.354. The molecule has 1 unspecified atom stereocenters. The number of thiazole rings is 1. The summed E-state index contributed by atoms with van der Waals surface area (Å²) in [6.07, 6.45) is 0. The monoisotopic (exact) mass is 306 g/mol. The van der Waals surface area contributed by atoms with Crippen LogP contribution in [0.1, 0.15) is 34.1 Å². The minimum Gasteiger partial charge on any atom is -0.493 e. The Kier molecular flexibility index (Phi) is 5.20. The third-order valence-electron chi connectivity index (χ3n) is 3.41. The van der Waals surface area contributed by atoms with Crippen LogP contribution >= 0.6 is 11.3 Å². The predicted molar refractivity (Wildman–Crippen MR) is 86.4 cm³/mol. The lowest BCUT2D eigenvalue weighted by atomic mass is 10.1. The molecule has 1 aromatic heterocycles. The standard InChI is InChI=1S/C16H22N2O2S/c1-10(16-11(2)21-12(3)18-16)17-9-13-6-7-14(19-4)15(8-13)20-5/h6-8,10,17H,9H2,1-5H3. The molecular weight excluding hydrogens is 284 g/mol. The van der Waals surface area contributed by atoms with Gasteiger partial charge in [-0.15, -0.1) is 11.3 Å². The number of nitrogens with one attached hydrogen (secondary N) is 1. The van der Waals surface area contributed by atoms with Crippen LogP contribution in [0.15, 0.2) is 18.2 Å². The van der Waals surface area contributed by atoms with Crippen LogP contribution in [0.5, 0.6) is 11.5 Å². The van der Waals surface area contributed by atoms with Crippen LogP contribution in [0, 0.1) is 13.8 Å². The van der Waals surface area contributed by atoms with Gasteiger partial charge < -0.3 is 14.8 Å². The minimum absolute atomic E-state index is 0.225. The second kappa shape index (κ2) is 6.91. The molecule has 114 valence electrons. The van der Waals surface area contributed by atoms with Crippen LogP contribution in [0.3, 0.4) is 0 Å². The molecule has 0 fully saturated rings. The highest BCUT2D eigenvalue weighted by Crippen LogP contribution is 2.28. The zero-order chi connectivity index (χ0) is 15.4. The van der Waals surface area contributed by atoms with Crippen LogP contribution < -0.4 is 14.8 Å². The number of hydrogen-bond donors (Lipinski definition) is 1. The summed E-state index contributed by atoms with van der Waals surface area (Å²) in [6.45, 7) is 7.07. The van der Waals surface area contributed by atoms with Gasteiger partial charge in [-0.3, -0.25) is 0 Å². The second-order valence-electron chi connectivity index (χ2n) is 4.97. The third kappa shape index (κ3) is 3.74. The quantitative estimate of drug-likeness (QED) is 0.885. The van der Waals surface area contributed by atoms with Crippen LogP contribution in [0.25, 0.3) is 0 Å². The van der Waals surface area contributed by atoms with Crippen molar-refractivity contribution in [3.05, 3.63) is 39.3 Å². The molecule has 1 heterocycles. The number of rotatable bonds is 6. The summed E-state index contributed by atoms with van der Waals surface area (Å²) >= 11 is 1.74. The smallest absolute Gasteiger partial charge is 0.161 e. The molecule has 1 atom stereocenters. The molecule has 4 nitrogen and oxygen atoms in total. The molecule has 0 bridgehead atoms. The van der Waals surface area contributed by atoms with Gasteiger partial charge in [-0.2, -0.15) is 0 Å². The van der Waals surface area contributed by atoms with Gasteiger partial charge in [0.05, 0.1) is 24.9 Å². The van der Waals surface area contributed by atoms with Crippen molar-refractivity contribution in [2.24, 2.45) is 0 Å². The fraction of sp³-hybridized carbons (Fsp3) is 0.438. The summed E-state index contributed by atoms with van der Waals surface area (Å²) in [5, 5.41) is 4.62. The molecule has 0 aliphatic rings. The highest BCUT2D eigenvalue weighted by molar-refractivity contribution is 7.11. The molecular formula is C16H22N2O2S. The lowest BCUT2D eigenvalue weighted by Crippen LogP contribution is -2.19. The Bertz CT molecular complexity index is 610. The maximum Gasteiger partial charge on any atom is 0.161 e. The molecule has 21 heavy (non-hydrogen) atoms. The molecule has 1 aromatic carbocycles. The predicted octanol–water partition coefficient (Wildman–Crippen LogP) is 3.63. The average Bonchev–Trinajstić information content (AvgIpc) is 2.83. The van der Waals surface area contributed by atoms with Gasteiger partial charge in [-0.05, 0) is 38.5 Å². The van der Waals surface area contributed by atoms with Crippen LogP contribution in [-0.4, -0.2) is 19.2 Å². The summed E-state index contributed by atoms with van der Waals surface area (Å²) < 4.78 is 10.6. The van der Waals surface area contributed by atoms with E-state index in [1.165, 1.54) is 4.88 Å². The number of nitrogens with zero attached hydrogens (tertiary/aromatic N) is 1. The minimum atomic E-state index is 0.225. The van der Waals surface area contributed by atoms with E-state index >= 15 is 0 Å². The van der Waals surface area contributed by atoms with E-state index in [0.717, 1.165) is 34.3 Å². The van der Waals surface area contributed by atoms with E-state index in [0.29, 0.717) is 0 Å². The Balaban J connectivity index is 2.04. The Morgan fingerprint density at radius 2 is 1.90 bits per heavy atom. The molecule has 0 radical (unpaired) electrons. The van der Waals surface area contributed by atoms with Crippen molar-refractivity contribution in [1.29, 1.82) is 0 Å². The average molecular weight is 306 g/mol. The molecule has 0 amide bonds. The van der Waals surface area contributed by atoms with Crippen molar-refractivity contribution in [3.63, 3.8) is 0 Å². The van der Waals surface area contributed by atoms with Gasteiger partial charge in [0.1, 0.15) is 0 Å². The van der Waals surface area contributed by atoms with Gasteiger partial charge in [0.2, 0.25) is 0 Å². The molecule has 0 saturated carbocycles. The van der Waals surface area contributed by atoms with Gasteiger partial charge in [0, 0.05) is 17.5 Å². The summed E-state index contributed by atoms with van der Waals surface area (Å²) in [5.74, 6) is 1.51. The molecule has 1 N–H and O–H groups in total. The zero-order valence-electron chi connectivity index (χ0n) is 13.2. The molecule has 0 spiro atoms. The summed E-state index contributed by atoms with van der Waals surface area (Å²) in [5.41, 5.74) is 2.29. The maximum absolute atomic E-state index is 5.33. The van der Waals surface area contributed by atoms with E-state index in [1.54, 1.807) is 25.6 Å². The van der Waals surface area contributed by atoms with Crippen LogP contribution in [0.2, 0.25) is 0 Å². The SMILES string of the molecule is COc1ccc(CNC(C)c2nc(C)sc2C)cc1OC. The topological polar surface area (TPSA) is 43.4 Å². The summed E-state index contributed by atoms with van der Waals surface area (Å²) in [4.78, 5) is 5.87. The van der Waals surface area contributed by atoms with Crippen molar-refractivity contribution in [2.75, 3.05) is 14.2 Å². The molecule has 2 rings (SSSR count). The van der Waals surface area contributed by atoms with E-state index in [4.69, 9.17) is 9.47 Å². The largest absolute Gasteiger partial charge is 0.493 e. The third-order valence-corrected chi connectivity index (χ3v) is 4.31. The summed E-state index contributed by atoms with van der Waals surface area (Å²) in [6, 6.07) is 6.19. The molecule has 5 heteroatoms. The summed E-state index contributed by atoms with van der Waals surface area (Å²) in [7, 11) is 3.30. The fourth-order valence-corrected chi connectivity index (χ4v) is 3.22. The zero-order valence-corrected chi connectivity index (χ0v) is 14.0. The van der Waals surface area contributed by atoms with Crippen molar-refractivity contribution < 1.29 is 9.47 Å². The first-order chi connectivity index (χ1) is 10.0.